The van der Waals surface area contributed by atoms with Crippen LogP contribution in [0.4, 0.5) is 0 Å². The summed E-state index contributed by atoms with van der Waals surface area (Å²) in [5.74, 6) is 0.855. The summed E-state index contributed by atoms with van der Waals surface area (Å²) >= 11 is 3.47. The lowest BCUT2D eigenvalue weighted by Crippen LogP contribution is -2.42. The first-order valence-electron chi connectivity index (χ1n) is 7.24. The molecule has 0 aromatic carbocycles. The maximum Gasteiger partial charge on any atom is 0.0410 e. The van der Waals surface area contributed by atoms with Gasteiger partial charge >= 0.3 is 0 Å². The van der Waals surface area contributed by atoms with Crippen molar-refractivity contribution in [2.75, 3.05) is 13.6 Å². The number of aromatic nitrogens is 1. The van der Waals surface area contributed by atoms with Crippen molar-refractivity contribution in [3.63, 3.8) is 0 Å². The lowest BCUT2D eigenvalue weighted by Gasteiger charge is -2.36. The second-order valence-electron chi connectivity index (χ2n) is 6.03. The first kappa shape index (κ1) is 13.5. The van der Waals surface area contributed by atoms with Crippen molar-refractivity contribution in [3.05, 3.63) is 28.5 Å². The van der Waals surface area contributed by atoms with Crippen molar-refractivity contribution < 1.29 is 0 Å². The highest BCUT2D eigenvalue weighted by molar-refractivity contribution is 9.10. The monoisotopic (exact) mass is 323 g/mol. The van der Waals surface area contributed by atoms with Crippen molar-refractivity contribution in [1.29, 1.82) is 0 Å². The predicted octanol–water partition coefficient (Wildman–Crippen LogP) is 2.81. The minimum atomic E-state index is 0.845. The molecule has 3 rings (SSSR count). The number of hydrogen-bond donors (Lipinski definition) is 1. The van der Waals surface area contributed by atoms with Gasteiger partial charge in [-0.05, 0) is 72.8 Å². The molecule has 104 valence electrons. The van der Waals surface area contributed by atoms with Gasteiger partial charge in [-0.25, -0.2) is 0 Å². The molecule has 2 atom stereocenters. The highest BCUT2D eigenvalue weighted by Crippen LogP contribution is 2.36. The van der Waals surface area contributed by atoms with Gasteiger partial charge in [-0.15, -0.1) is 0 Å². The minimum Gasteiger partial charge on any atom is -0.312 e. The van der Waals surface area contributed by atoms with E-state index in [1.807, 2.05) is 12.4 Å². The van der Waals surface area contributed by atoms with Gasteiger partial charge in [0, 0.05) is 35.5 Å². The lowest BCUT2D eigenvalue weighted by molar-refractivity contribution is 0.133. The van der Waals surface area contributed by atoms with Crippen LogP contribution in [0.3, 0.4) is 0 Å². The molecular weight excluding hydrogens is 302 g/mol. The van der Waals surface area contributed by atoms with E-state index < -0.39 is 0 Å². The number of nitrogens with one attached hydrogen (secondary N) is 1. The van der Waals surface area contributed by atoms with Gasteiger partial charge in [0.05, 0.1) is 0 Å². The Morgan fingerprint density at radius 2 is 2.05 bits per heavy atom. The normalized spacial score (nSPS) is 30.7. The summed E-state index contributed by atoms with van der Waals surface area (Å²) in [6, 6.07) is 3.83. The van der Waals surface area contributed by atoms with Crippen LogP contribution in [-0.4, -0.2) is 35.6 Å². The minimum absolute atomic E-state index is 0.845. The van der Waals surface area contributed by atoms with Gasteiger partial charge < -0.3 is 10.2 Å². The molecule has 2 bridgehead atoms. The van der Waals surface area contributed by atoms with E-state index in [2.05, 4.69) is 44.2 Å². The first-order chi connectivity index (χ1) is 9.22. The van der Waals surface area contributed by atoms with Crippen LogP contribution in [0, 0.1) is 5.92 Å². The summed E-state index contributed by atoms with van der Waals surface area (Å²) in [4.78, 5) is 6.81. The zero-order valence-electron chi connectivity index (χ0n) is 11.5. The molecule has 2 aliphatic rings. The molecule has 1 aromatic heterocycles. The maximum absolute atomic E-state index is 4.20. The molecular formula is C15H22BrN3. The van der Waals surface area contributed by atoms with Crippen LogP contribution in [0.15, 0.2) is 22.9 Å². The number of nitrogens with zero attached hydrogens (tertiary/aromatic N) is 2. The average Bonchev–Trinajstić information content (AvgIpc) is 2.63. The zero-order valence-corrected chi connectivity index (χ0v) is 13.1. The summed E-state index contributed by atoms with van der Waals surface area (Å²) in [6.45, 7) is 2.07. The fraction of sp³-hybridized carbons (Fsp3) is 0.667. The molecule has 1 N–H and O–H groups in total. The van der Waals surface area contributed by atoms with E-state index in [0.29, 0.717) is 0 Å². The summed E-state index contributed by atoms with van der Waals surface area (Å²) < 4.78 is 1.06. The Kier molecular flexibility index (Phi) is 4.20. The zero-order chi connectivity index (χ0) is 13.2. The Morgan fingerprint density at radius 3 is 2.74 bits per heavy atom. The number of rotatable bonds is 4. The number of halogens is 1. The van der Waals surface area contributed by atoms with Gasteiger partial charge in [0.25, 0.3) is 0 Å². The Balaban J connectivity index is 1.46. The fourth-order valence-electron chi connectivity index (χ4n) is 3.66. The second-order valence-corrected chi connectivity index (χ2v) is 6.95. The van der Waals surface area contributed by atoms with Crippen LogP contribution in [0.1, 0.15) is 31.2 Å². The van der Waals surface area contributed by atoms with Crippen molar-refractivity contribution >= 4 is 15.9 Å². The molecule has 3 heterocycles. The molecule has 0 radical (unpaired) electrons. The Bertz CT molecular complexity index is 423. The van der Waals surface area contributed by atoms with Crippen molar-refractivity contribution in [2.24, 2.45) is 5.92 Å². The Hall–Kier alpha value is -0.450. The second kappa shape index (κ2) is 5.90. The summed E-state index contributed by atoms with van der Waals surface area (Å²) in [6.07, 6.45) is 9.34. The largest absolute Gasteiger partial charge is 0.312 e. The topological polar surface area (TPSA) is 28.2 Å². The van der Waals surface area contributed by atoms with Crippen LogP contribution >= 0.6 is 15.9 Å². The third-order valence-corrected chi connectivity index (χ3v) is 5.15. The molecule has 0 amide bonds. The van der Waals surface area contributed by atoms with Gasteiger partial charge in [0.1, 0.15) is 0 Å². The van der Waals surface area contributed by atoms with Gasteiger partial charge in [-0.2, -0.15) is 0 Å². The van der Waals surface area contributed by atoms with E-state index in [1.165, 1.54) is 31.2 Å². The standard InChI is InChI=1S/C15H22BrN3/c1-19-14-2-3-15(19)6-11(5-14)7-17-8-12-4-13(16)10-18-9-12/h4,9-11,14-15,17H,2-3,5-8H2,1H3. The van der Waals surface area contributed by atoms with E-state index in [9.17, 15) is 0 Å². The molecule has 0 spiro atoms. The lowest BCUT2D eigenvalue weighted by atomic mass is 9.91. The molecule has 2 unspecified atom stereocenters. The smallest absolute Gasteiger partial charge is 0.0410 e. The average molecular weight is 324 g/mol. The third-order valence-electron chi connectivity index (χ3n) is 4.72. The molecule has 2 saturated heterocycles. The molecule has 19 heavy (non-hydrogen) atoms. The van der Waals surface area contributed by atoms with E-state index in [1.54, 1.807) is 0 Å². The van der Waals surface area contributed by atoms with Crippen LogP contribution in [-0.2, 0) is 6.54 Å². The van der Waals surface area contributed by atoms with Gasteiger partial charge in [-0.3, -0.25) is 4.98 Å². The SMILES string of the molecule is CN1C2CCC1CC(CNCc1cncc(Br)c1)C2. The molecule has 2 aliphatic heterocycles. The highest BCUT2D eigenvalue weighted by atomic mass is 79.9. The Morgan fingerprint density at radius 1 is 1.32 bits per heavy atom. The van der Waals surface area contributed by atoms with Gasteiger partial charge in [0.2, 0.25) is 0 Å². The van der Waals surface area contributed by atoms with Gasteiger partial charge in [-0.1, -0.05) is 0 Å². The van der Waals surface area contributed by atoms with E-state index >= 15 is 0 Å². The van der Waals surface area contributed by atoms with E-state index in [4.69, 9.17) is 0 Å². The molecule has 0 aliphatic carbocycles. The molecule has 2 fully saturated rings. The number of fused-ring (bicyclic) bond motifs is 2. The number of hydrogen-bond acceptors (Lipinski definition) is 3. The number of piperidine rings is 1. The van der Waals surface area contributed by atoms with Crippen molar-refractivity contribution in [2.45, 2.75) is 44.3 Å². The summed E-state index contributed by atoms with van der Waals surface area (Å²) in [5.41, 5.74) is 1.25. The van der Waals surface area contributed by atoms with Crippen molar-refractivity contribution in [1.82, 2.24) is 15.2 Å². The molecule has 3 nitrogen and oxygen atoms in total. The Labute approximate surface area is 123 Å². The quantitative estimate of drug-likeness (QED) is 0.923. The predicted molar refractivity (Wildman–Crippen MR) is 80.9 cm³/mol. The third kappa shape index (κ3) is 3.18. The van der Waals surface area contributed by atoms with Crippen molar-refractivity contribution in [3.8, 4) is 0 Å². The van der Waals surface area contributed by atoms with E-state index in [-0.39, 0.29) is 0 Å². The maximum atomic E-state index is 4.20. The van der Waals surface area contributed by atoms with Crippen LogP contribution in [0.25, 0.3) is 0 Å². The highest BCUT2D eigenvalue weighted by Gasteiger charge is 2.37. The van der Waals surface area contributed by atoms with E-state index in [0.717, 1.165) is 35.6 Å². The summed E-state index contributed by atoms with van der Waals surface area (Å²) in [7, 11) is 2.30. The van der Waals surface area contributed by atoms with Crippen LogP contribution < -0.4 is 5.32 Å². The summed E-state index contributed by atoms with van der Waals surface area (Å²) in [5, 5.41) is 3.60. The van der Waals surface area contributed by atoms with Crippen LogP contribution in [0.2, 0.25) is 0 Å². The number of pyridine rings is 1. The first-order valence-corrected chi connectivity index (χ1v) is 8.04. The molecule has 1 aromatic rings. The molecule has 4 heteroatoms. The van der Waals surface area contributed by atoms with Crippen LogP contribution in [0.5, 0.6) is 0 Å². The fourth-order valence-corrected chi connectivity index (χ4v) is 4.08. The molecule has 0 saturated carbocycles. The van der Waals surface area contributed by atoms with Gasteiger partial charge in [0.15, 0.2) is 0 Å².